The van der Waals surface area contributed by atoms with E-state index in [4.69, 9.17) is 16.3 Å². The van der Waals surface area contributed by atoms with Crippen LogP contribution in [0.2, 0.25) is 5.02 Å². The van der Waals surface area contributed by atoms with Crippen LogP contribution in [0.15, 0.2) is 18.2 Å². The van der Waals surface area contributed by atoms with Gasteiger partial charge in [0.1, 0.15) is 11.9 Å². The predicted octanol–water partition coefficient (Wildman–Crippen LogP) is 4.45. The topological polar surface area (TPSA) is 21.3 Å². The Morgan fingerprint density at radius 2 is 2.24 bits per heavy atom. The van der Waals surface area contributed by atoms with Gasteiger partial charge >= 0.3 is 0 Å². The zero-order valence-corrected chi connectivity index (χ0v) is 13.7. The number of ether oxygens (including phenoxy) is 1. The number of nitrogens with one attached hydrogen (secondary N) is 1. The fourth-order valence-corrected chi connectivity index (χ4v) is 3.99. The number of benzene rings is 1. The van der Waals surface area contributed by atoms with Gasteiger partial charge in [-0.15, -0.1) is 0 Å². The van der Waals surface area contributed by atoms with E-state index in [1.807, 2.05) is 18.2 Å². The van der Waals surface area contributed by atoms with E-state index < -0.39 is 0 Å². The van der Waals surface area contributed by atoms with Crippen LogP contribution in [0.1, 0.15) is 44.6 Å². The summed E-state index contributed by atoms with van der Waals surface area (Å²) >= 11 is 6.02. The van der Waals surface area contributed by atoms with Gasteiger partial charge in [-0.25, -0.2) is 0 Å². The van der Waals surface area contributed by atoms with Gasteiger partial charge in [0.15, 0.2) is 0 Å². The van der Waals surface area contributed by atoms with Gasteiger partial charge in [0.25, 0.3) is 0 Å². The summed E-state index contributed by atoms with van der Waals surface area (Å²) in [7, 11) is 0. The summed E-state index contributed by atoms with van der Waals surface area (Å²) in [6, 6.07) is 5.92. The van der Waals surface area contributed by atoms with Crippen molar-refractivity contribution >= 4 is 11.6 Å². The summed E-state index contributed by atoms with van der Waals surface area (Å²) in [5.74, 6) is 2.87. The minimum atomic E-state index is 0.267. The molecule has 1 aromatic rings. The molecule has 0 bridgehead atoms. The normalized spacial score (nSPS) is 28.2. The predicted molar refractivity (Wildman–Crippen MR) is 88.2 cm³/mol. The molecule has 3 rings (SSSR count). The monoisotopic (exact) mass is 307 g/mol. The van der Waals surface area contributed by atoms with Crippen molar-refractivity contribution in [1.29, 1.82) is 0 Å². The van der Waals surface area contributed by atoms with Crippen LogP contribution in [0.3, 0.4) is 0 Å². The molecule has 2 nitrogen and oxygen atoms in total. The van der Waals surface area contributed by atoms with Gasteiger partial charge in [0, 0.05) is 18.0 Å². The highest BCUT2D eigenvalue weighted by molar-refractivity contribution is 6.30. The Hall–Kier alpha value is -0.730. The molecule has 1 fully saturated rings. The van der Waals surface area contributed by atoms with Crippen molar-refractivity contribution in [2.75, 3.05) is 13.1 Å². The van der Waals surface area contributed by atoms with E-state index in [2.05, 4.69) is 12.2 Å². The second kappa shape index (κ2) is 7.02. The summed E-state index contributed by atoms with van der Waals surface area (Å²) in [5, 5.41) is 4.38. The molecule has 116 valence electrons. The second-order valence-corrected chi connectivity index (χ2v) is 7.26. The van der Waals surface area contributed by atoms with E-state index >= 15 is 0 Å². The van der Waals surface area contributed by atoms with Crippen LogP contribution in [-0.4, -0.2) is 19.2 Å². The minimum Gasteiger partial charge on any atom is -0.488 e. The second-order valence-electron chi connectivity index (χ2n) is 6.83. The summed E-state index contributed by atoms with van der Waals surface area (Å²) in [6.45, 7) is 4.46. The van der Waals surface area contributed by atoms with Crippen LogP contribution < -0.4 is 10.1 Å². The Morgan fingerprint density at radius 3 is 3.10 bits per heavy atom. The molecule has 0 radical (unpaired) electrons. The molecule has 0 amide bonds. The van der Waals surface area contributed by atoms with Gasteiger partial charge in [-0.3, -0.25) is 0 Å². The van der Waals surface area contributed by atoms with E-state index in [0.29, 0.717) is 0 Å². The molecule has 1 aromatic carbocycles. The highest BCUT2D eigenvalue weighted by Crippen LogP contribution is 2.31. The highest BCUT2D eigenvalue weighted by Gasteiger charge is 2.23. The quantitative estimate of drug-likeness (QED) is 0.812. The fraction of sp³-hybridized carbons (Fsp3) is 0.667. The van der Waals surface area contributed by atoms with Crippen molar-refractivity contribution in [3.05, 3.63) is 28.8 Å². The first-order valence-corrected chi connectivity index (χ1v) is 8.74. The average Bonchev–Trinajstić information content (AvgIpc) is 2.85. The average molecular weight is 308 g/mol. The van der Waals surface area contributed by atoms with Crippen LogP contribution >= 0.6 is 11.6 Å². The van der Waals surface area contributed by atoms with E-state index in [1.54, 1.807) is 0 Å². The lowest BCUT2D eigenvalue weighted by molar-refractivity contribution is 0.221. The first-order valence-electron chi connectivity index (χ1n) is 8.36. The Morgan fingerprint density at radius 1 is 1.33 bits per heavy atom. The molecule has 1 heterocycles. The van der Waals surface area contributed by atoms with Crippen LogP contribution in [0, 0.1) is 11.8 Å². The van der Waals surface area contributed by atoms with E-state index in [0.717, 1.165) is 42.1 Å². The molecule has 1 saturated carbocycles. The standard InChI is InChI=1S/C18H26ClNO/c1-13-3-2-4-14(9-13)7-8-20-12-17-11-15-10-16(19)5-6-18(15)21-17/h5-6,10,13-14,17,20H,2-4,7-9,11-12H2,1H3. The third-order valence-electron chi connectivity index (χ3n) is 4.91. The van der Waals surface area contributed by atoms with Gasteiger partial charge in [-0.1, -0.05) is 37.8 Å². The first kappa shape index (κ1) is 15.2. The van der Waals surface area contributed by atoms with Crippen molar-refractivity contribution < 1.29 is 4.74 Å². The molecule has 21 heavy (non-hydrogen) atoms. The lowest BCUT2D eigenvalue weighted by Crippen LogP contribution is -2.31. The maximum Gasteiger partial charge on any atom is 0.123 e. The molecule has 3 unspecified atom stereocenters. The smallest absolute Gasteiger partial charge is 0.123 e. The van der Waals surface area contributed by atoms with Gasteiger partial charge < -0.3 is 10.1 Å². The summed E-state index contributed by atoms with van der Waals surface area (Å²) < 4.78 is 5.95. The Bertz CT molecular complexity index is 476. The number of hydrogen-bond donors (Lipinski definition) is 1. The third-order valence-corrected chi connectivity index (χ3v) is 5.15. The lowest BCUT2D eigenvalue weighted by atomic mass is 9.81. The zero-order chi connectivity index (χ0) is 14.7. The number of halogens is 1. The summed E-state index contributed by atoms with van der Waals surface area (Å²) in [4.78, 5) is 0. The maximum atomic E-state index is 6.02. The Labute approximate surface area is 133 Å². The van der Waals surface area contributed by atoms with Crippen LogP contribution in [0.4, 0.5) is 0 Å². The SMILES string of the molecule is CC1CCCC(CCNCC2Cc3cc(Cl)ccc3O2)C1. The van der Waals surface area contributed by atoms with Crippen molar-refractivity contribution in [2.24, 2.45) is 11.8 Å². The molecule has 1 aliphatic carbocycles. The third kappa shape index (κ3) is 4.14. The summed E-state index contributed by atoms with van der Waals surface area (Å²) in [5.41, 5.74) is 1.25. The van der Waals surface area contributed by atoms with E-state index in [9.17, 15) is 0 Å². The van der Waals surface area contributed by atoms with Crippen molar-refractivity contribution in [1.82, 2.24) is 5.32 Å². The van der Waals surface area contributed by atoms with Crippen molar-refractivity contribution in [3.63, 3.8) is 0 Å². The zero-order valence-electron chi connectivity index (χ0n) is 12.9. The highest BCUT2D eigenvalue weighted by atomic mass is 35.5. The van der Waals surface area contributed by atoms with E-state index in [1.165, 1.54) is 37.7 Å². The number of hydrogen-bond acceptors (Lipinski definition) is 2. The molecular formula is C18H26ClNO. The van der Waals surface area contributed by atoms with Crippen LogP contribution in [0.5, 0.6) is 5.75 Å². The Balaban J connectivity index is 1.36. The van der Waals surface area contributed by atoms with Gasteiger partial charge in [-0.05, 0) is 55.0 Å². The number of fused-ring (bicyclic) bond motifs is 1. The first-order chi connectivity index (χ1) is 10.2. The Kier molecular flexibility index (Phi) is 5.07. The fourth-order valence-electron chi connectivity index (χ4n) is 3.79. The molecule has 0 saturated heterocycles. The van der Waals surface area contributed by atoms with Gasteiger partial charge in [0.2, 0.25) is 0 Å². The molecule has 0 aromatic heterocycles. The molecule has 0 spiro atoms. The maximum absolute atomic E-state index is 6.02. The van der Waals surface area contributed by atoms with Gasteiger partial charge in [0.05, 0.1) is 0 Å². The molecule has 2 aliphatic rings. The van der Waals surface area contributed by atoms with E-state index in [-0.39, 0.29) is 6.10 Å². The lowest BCUT2D eigenvalue weighted by Gasteiger charge is -2.26. The summed E-state index contributed by atoms with van der Waals surface area (Å²) in [6.07, 6.45) is 8.26. The number of rotatable bonds is 5. The van der Waals surface area contributed by atoms with Crippen LogP contribution in [0.25, 0.3) is 0 Å². The molecule has 3 heteroatoms. The van der Waals surface area contributed by atoms with Crippen molar-refractivity contribution in [2.45, 2.75) is 51.6 Å². The van der Waals surface area contributed by atoms with Gasteiger partial charge in [-0.2, -0.15) is 0 Å². The van der Waals surface area contributed by atoms with Crippen molar-refractivity contribution in [3.8, 4) is 5.75 Å². The minimum absolute atomic E-state index is 0.267. The largest absolute Gasteiger partial charge is 0.488 e. The molecular weight excluding hydrogens is 282 g/mol. The molecule has 1 N–H and O–H groups in total. The van der Waals surface area contributed by atoms with Crippen LogP contribution in [-0.2, 0) is 6.42 Å². The molecule has 1 aliphatic heterocycles. The molecule has 3 atom stereocenters.